The lowest BCUT2D eigenvalue weighted by molar-refractivity contribution is -0.141. The van der Waals surface area contributed by atoms with Crippen LogP contribution >= 0.6 is 0 Å². The monoisotopic (exact) mass is 358 g/mol. The summed E-state index contributed by atoms with van der Waals surface area (Å²) < 4.78 is 18.2. The van der Waals surface area contributed by atoms with Crippen LogP contribution in [0.1, 0.15) is 28.4 Å². The van der Waals surface area contributed by atoms with Gasteiger partial charge in [0.05, 0.1) is 31.7 Å². The Kier molecular flexibility index (Phi) is 6.84. The number of carbonyl (C=O) groups excluding carboxylic acids is 3. The first-order valence-corrected chi connectivity index (χ1v) is 7.95. The van der Waals surface area contributed by atoms with Gasteiger partial charge in [-0.1, -0.05) is 42.5 Å². The fourth-order valence-corrected chi connectivity index (χ4v) is 2.33. The summed E-state index contributed by atoms with van der Waals surface area (Å²) in [7, 11) is 1.26. The Balaban J connectivity index is 1.97. The second-order valence-corrected chi connectivity index (χ2v) is 5.47. The molecule has 26 heavy (non-hydrogen) atoms. The average Bonchev–Trinajstić information content (AvgIpc) is 2.66. The molecule has 0 radical (unpaired) electrons. The zero-order chi connectivity index (χ0) is 18.9. The van der Waals surface area contributed by atoms with Gasteiger partial charge in [0.25, 0.3) is 5.91 Å². The quantitative estimate of drug-likeness (QED) is 0.741. The second-order valence-electron chi connectivity index (χ2n) is 5.47. The number of carbonyl (C=O) groups is 3. The van der Waals surface area contributed by atoms with Gasteiger partial charge < -0.3 is 15.4 Å². The second kappa shape index (κ2) is 9.31. The largest absolute Gasteiger partial charge is 0.469 e. The Morgan fingerprint density at radius 2 is 1.69 bits per heavy atom. The summed E-state index contributed by atoms with van der Waals surface area (Å²) in [5.41, 5.74) is 0.584. The molecule has 1 atom stereocenters. The van der Waals surface area contributed by atoms with Gasteiger partial charge in [0.2, 0.25) is 5.91 Å². The number of amides is 2. The third kappa shape index (κ3) is 5.41. The van der Waals surface area contributed by atoms with Crippen LogP contribution in [0, 0.1) is 5.82 Å². The van der Waals surface area contributed by atoms with Gasteiger partial charge in [-0.2, -0.15) is 0 Å². The third-order valence-electron chi connectivity index (χ3n) is 3.66. The minimum absolute atomic E-state index is 0.0481. The molecule has 0 spiro atoms. The van der Waals surface area contributed by atoms with Gasteiger partial charge in [-0.25, -0.2) is 4.39 Å². The molecule has 0 unspecified atom stereocenters. The van der Waals surface area contributed by atoms with Crippen LogP contribution in [-0.4, -0.2) is 31.4 Å². The fourth-order valence-electron chi connectivity index (χ4n) is 2.33. The van der Waals surface area contributed by atoms with Crippen molar-refractivity contribution < 1.29 is 23.5 Å². The van der Waals surface area contributed by atoms with Crippen molar-refractivity contribution in [2.24, 2.45) is 0 Å². The van der Waals surface area contributed by atoms with Gasteiger partial charge in [0.15, 0.2) is 0 Å². The molecule has 0 heterocycles. The van der Waals surface area contributed by atoms with Crippen molar-refractivity contribution in [2.45, 2.75) is 12.5 Å². The van der Waals surface area contributed by atoms with E-state index in [1.165, 1.54) is 25.3 Å². The lowest BCUT2D eigenvalue weighted by Crippen LogP contribution is -2.39. The molecule has 7 heteroatoms. The molecule has 6 nitrogen and oxygen atoms in total. The van der Waals surface area contributed by atoms with E-state index in [2.05, 4.69) is 15.4 Å². The zero-order valence-corrected chi connectivity index (χ0v) is 14.2. The van der Waals surface area contributed by atoms with E-state index in [-0.39, 0.29) is 18.5 Å². The average molecular weight is 358 g/mol. The predicted molar refractivity (Wildman–Crippen MR) is 92.7 cm³/mol. The van der Waals surface area contributed by atoms with Crippen LogP contribution in [-0.2, 0) is 14.3 Å². The van der Waals surface area contributed by atoms with Crippen LogP contribution in [0.3, 0.4) is 0 Å². The number of nitrogens with one attached hydrogen (secondary N) is 2. The van der Waals surface area contributed by atoms with Gasteiger partial charge in [-0.3, -0.25) is 14.4 Å². The Bertz CT molecular complexity index is 780. The van der Waals surface area contributed by atoms with E-state index in [1.54, 1.807) is 24.3 Å². The van der Waals surface area contributed by atoms with Crippen LogP contribution < -0.4 is 10.6 Å². The number of hydrogen-bond donors (Lipinski definition) is 2. The Hall–Kier alpha value is -3.22. The molecular weight excluding hydrogens is 339 g/mol. The van der Waals surface area contributed by atoms with Gasteiger partial charge in [0, 0.05) is 0 Å². The first kappa shape index (κ1) is 19.1. The number of benzene rings is 2. The Morgan fingerprint density at radius 3 is 2.35 bits per heavy atom. The molecule has 136 valence electrons. The van der Waals surface area contributed by atoms with Crippen molar-refractivity contribution in [3.8, 4) is 0 Å². The fraction of sp³-hybridized carbons (Fsp3) is 0.211. The van der Waals surface area contributed by atoms with Gasteiger partial charge >= 0.3 is 5.97 Å². The van der Waals surface area contributed by atoms with Crippen molar-refractivity contribution in [1.82, 2.24) is 10.6 Å². The molecule has 2 amide bonds. The van der Waals surface area contributed by atoms with Gasteiger partial charge in [-0.05, 0) is 17.7 Å². The van der Waals surface area contributed by atoms with Crippen LogP contribution in [0.15, 0.2) is 54.6 Å². The zero-order valence-electron chi connectivity index (χ0n) is 14.2. The molecule has 0 bridgehead atoms. The van der Waals surface area contributed by atoms with E-state index in [1.807, 2.05) is 6.07 Å². The summed E-state index contributed by atoms with van der Waals surface area (Å²) in [5.74, 6) is -2.34. The molecule has 0 saturated carbocycles. The van der Waals surface area contributed by atoms with E-state index in [4.69, 9.17) is 0 Å². The molecule has 2 aromatic rings. The third-order valence-corrected chi connectivity index (χ3v) is 3.66. The smallest absolute Gasteiger partial charge is 0.307 e. The van der Waals surface area contributed by atoms with E-state index in [0.29, 0.717) is 0 Å². The number of esters is 1. The van der Waals surface area contributed by atoms with E-state index >= 15 is 0 Å². The molecule has 0 saturated heterocycles. The molecule has 0 aliphatic heterocycles. The first-order chi connectivity index (χ1) is 12.5. The lowest BCUT2D eigenvalue weighted by Gasteiger charge is -2.18. The molecule has 2 aromatic carbocycles. The van der Waals surface area contributed by atoms with Crippen molar-refractivity contribution in [2.75, 3.05) is 13.7 Å². The highest BCUT2D eigenvalue weighted by Gasteiger charge is 2.19. The minimum Gasteiger partial charge on any atom is -0.469 e. The van der Waals surface area contributed by atoms with Gasteiger partial charge in [0.1, 0.15) is 5.82 Å². The summed E-state index contributed by atoms with van der Waals surface area (Å²) in [4.78, 5) is 35.7. The number of halogens is 1. The highest BCUT2D eigenvalue weighted by Crippen LogP contribution is 2.17. The van der Waals surface area contributed by atoms with Gasteiger partial charge in [-0.15, -0.1) is 0 Å². The van der Waals surface area contributed by atoms with E-state index in [9.17, 15) is 18.8 Å². The Labute approximate surface area is 150 Å². The molecule has 2 N–H and O–H groups in total. The van der Waals surface area contributed by atoms with Crippen LogP contribution in [0.5, 0.6) is 0 Å². The summed E-state index contributed by atoms with van der Waals surface area (Å²) in [5, 5.41) is 5.03. The molecule has 0 aromatic heterocycles. The van der Waals surface area contributed by atoms with E-state index < -0.39 is 29.6 Å². The summed E-state index contributed by atoms with van der Waals surface area (Å²) in [6.07, 6.45) is -0.0481. The van der Waals surface area contributed by atoms with Crippen molar-refractivity contribution in [3.05, 3.63) is 71.5 Å². The van der Waals surface area contributed by atoms with E-state index in [0.717, 1.165) is 11.6 Å². The predicted octanol–water partition coefficient (Wildman–Crippen LogP) is 1.98. The number of rotatable bonds is 7. The lowest BCUT2D eigenvalue weighted by atomic mass is 10.0. The molecular formula is C19H19FN2O4. The maximum atomic E-state index is 13.6. The topological polar surface area (TPSA) is 84.5 Å². The summed E-state index contributed by atoms with van der Waals surface area (Å²) in [6, 6.07) is 13.8. The summed E-state index contributed by atoms with van der Waals surface area (Å²) >= 11 is 0. The van der Waals surface area contributed by atoms with Crippen molar-refractivity contribution in [3.63, 3.8) is 0 Å². The molecule has 2 rings (SSSR count). The molecule has 0 aliphatic rings. The highest BCUT2D eigenvalue weighted by atomic mass is 19.1. The standard InChI is InChI=1S/C19H19FN2O4/c1-26-18(24)11-16(13-7-3-2-4-8-13)22-17(23)12-21-19(25)14-9-5-6-10-15(14)20/h2-10,16H,11-12H2,1H3,(H,21,25)(H,22,23)/t16-/m0/s1. The first-order valence-electron chi connectivity index (χ1n) is 7.95. The highest BCUT2D eigenvalue weighted by molar-refractivity contribution is 5.96. The SMILES string of the molecule is COC(=O)C[C@H](NC(=O)CNC(=O)c1ccccc1F)c1ccccc1. The maximum Gasteiger partial charge on any atom is 0.307 e. The van der Waals surface area contributed by atoms with Crippen molar-refractivity contribution in [1.29, 1.82) is 0 Å². The van der Waals surface area contributed by atoms with Crippen LogP contribution in [0.2, 0.25) is 0 Å². The minimum atomic E-state index is -0.692. The van der Waals surface area contributed by atoms with Crippen LogP contribution in [0.25, 0.3) is 0 Å². The maximum absolute atomic E-state index is 13.6. The Morgan fingerprint density at radius 1 is 1.04 bits per heavy atom. The van der Waals surface area contributed by atoms with Crippen LogP contribution in [0.4, 0.5) is 4.39 Å². The van der Waals surface area contributed by atoms with Crippen molar-refractivity contribution >= 4 is 17.8 Å². The molecule has 0 fully saturated rings. The summed E-state index contributed by atoms with van der Waals surface area (Å²) in [6.45, 7) is -0.350. The number of methoxy groups -OCH3 is 1. The number of hydrogen-bond acceptors (Lipinski definition) is 4. The molecule has 0 aliphatic carbocycles. The normalized spacial score (nSPS) is 11.3. The number of ether oxygens (including phenoxy) is 1.